The number of nitrogens with two attached hydrogens (primary N) is 1. The topological polar surface area (TPSA) is 599 Å². The second-order valence-corrected chi connectivity index (χ2v) is 45.8. The smallest absolute Gasteiger partial charge is 0.416 e. The molecule has 0 saturated heterocycles. The summed E-state index contributed by atoms with van der Waals surface area (Å²) in [7, 11) is 3.46. The Bertz CT molecular complexity index is 6010. The number of aromatic nitrogens is 12. The summed E-state index contributed by atoms with van der Waals surface area (Å²) in [4.78, 5) is 151. The van der Waals surface area contributed by atoms with E-state index >= 15 is 0 Å². The van der Waals surface area contributed by atoms with E-state index in [1.54, 1.807) is 95.3 Å². The van der Waals surface area contributed by atoms with Gasteiger partial charge in [0.05, 0.1) is 44.2 Å². The molecule has 4 atom stereocenters. The van der Waals surface area contributed by atoms with Gasteiger partial charge in [0.1, 0.15) is 59.2 Å². The van der Waals surface area contributed by atoms with Crippen molar-refractivity contribution in [2.45, 2.75) is 339 Å². The van der Waals surface area contributed by atoms with Gasteiger partial charge in [0.25, 0.3) is 9.05 Å². The highest BCUT2D eigenvalue weighted by atomic mass is 35.7. The number of nitrogens with zero attached hydrogens (tertiary/aromatic N) is 15. The molecule has 49 heteroatoms. The zero-order chi connectivity index (χ0) is 106. The Balaban J connectivity index is 0.00000186. The Morgan fingerprint density at radius 3 is 0.986 bits per heavy atom. The summed E-state index contributed by atoms with van der Waals surface area (Å²) in [5, 5.41) is 31.6. The number of fused-ring (bicyclic) bond motifs is 4. The van der Waals surface area contributed by atoms with E-state index in [2.05, 4.69) is 139 Å². The first-order valence-electron chi connectivity index (χ1n) is 45.7. The van der Waals surface area contributed by atoms with Crippen molar-refractivity contribution >= 4 is 179 Å². The zero-order valence-electron chi connectivity index (χ0n) is 86.7. The molecule has 0 radical (unpaired) electrons. The van der Waals surface area contributed by atoms with E-state index in [-0.39, 0.29) is 132 Å². The molecule has 45 nitrogen and oxygen atoms in total. The number of hydrogen-bond acceptors (Lipinski definition) is 35. The molecule has 0 saturated carbocycles. The summed E-state index contributed by atoms with van der Waals surface area (Å²) in [6, 6.07) is 5.84. The highest BCUT2D eigenvalue weighted by Crippen LogP contribution is 2.37. The lowest BCUT2D eigenvalue weighted by atomic mass is 9.92. The molecule has 8 amide bonds. The number of halogens is 1. The number of sulfonamides is 2. The number of ether oxygens (including phenoxy) is 4. The number of nitrogens with one attached hydrogen (secondary N) is 11. The van der Waals surface area contributed by atoms with Gasteiger partial charge in [0.2, 0.25) is 67.5 Å². The molecule has 0 aliphatic carbocycles. The van der Waals surface area contributed by atoms with Gasteiger partial charge in [-0.2, -0.15) is 19.9 Å². The average Bonchev–Trinajstić information content (AvgIpc) is 0.753. The molecule has 0 bridgehead atoms. The largest absolute Gasteiger partial charge is 0.444 e. The first kappa shape index (κ1) is 132. The number of anilines is 8. The van der Waals surface area contributed by atoms with E-state index in [4.69, 9.17) is 35.4 Å². The van der Waals surface area contributed by atoms with Gasteiger partial charge < -0.3 is 67.2 Å². The van der Waals surface area contributed by atoms with E-state index < -0.39 is 98.0 Å². The Hall–Kier alpha value is -11.9. The third kappa shape index (κ3) is 43.6. The fourth-order valence-corrected chi connectivity index (χ4v) is 15.3. The molecule has 8 rings (SSSR count). The molecule has 810 valence electrons. The van der Waals surface area contributed by atoms with E-state index in [1.165, 1.54) is 91.4 Å². The highest BCUT2D eigenvalue weighted by molar-refractivity contribution is 8.13. The van der Waals surface area contributed by atoms with Crippen molar-refractivity contribution in [2.75, 3.05) is 111 Å². The van der Waals surface area contributed by atoms with Crippen molar-refractivity contribution in [3.8, 4) is 0 Å². The fraction of sp³-hybridized carbons (Fsp3) is 0.621. The van der Waals surface area contributed by atoms with Crippen LogP contribution in [-0.4, -0.2) is 255 Å². The first-order valence-corrected chi connectivity index (χ1v) is 50.9. The fourth-order valence-electron chi connectivity index (χ4n) is 12.9. The van der Waals surface area contributed by atoms with Gasteiger partial charge in [-0.25, -0.2) is 87.9 Å². The molecule has 13 N–H and O–H groups in total. The predicted octanol–water partition coefficient (Wildman–Crippen LogP) is 16.2. The van der Waals surface area contributed by atoms with Gasteiger partial charge in [-0.05, 0) is 187 Å². The van der Waals surface area contributed by atoms with E-state index in [0.29, 0.717) is 72.3 Å². The number of rotatable bonds is 36. The number of nitrogen functional groups attached to an aromatic ring is 1. The van der Waals surface area contributed by atoms with Crippen LogP contribution in [0.4, 0.5) is 66.2 Å². The van der Waals surface area contributed by atoms with Crippen molar-refractivity contribution in [3.63, 3.8) is 0 Å². The average molecular weight is 2100 g/mol. The van der Waals surface area contributed by atoms with Crippen molar-refractivity contribution in [3.05, 3.63) is 54.6 Å². The quantitative estimate of drug-likeness (QED) is 0.0128. The number of aryl methyl sites for hydroxylation is 1. The zero-order valence-corrected chi connectivity index (χ0v) is 89.9. The normalized spacial score (nSPS) is 13.2. The predicted molar refractivity (Wildman–Crippen MR) is 571 cm³/mol. The lowest BCUT2D eigenvalue weighted by Gasteiger charge is -2.41. The summed E-state index contributed by atoms with van der Waals surface area (Å²) in [6.07, 6.45) is 12.3. The minimum Gasteiger partial charge on any atom is -0.444 e. The van der Waals surface area contributed by atoms with Gasteiger partial charge in [-0.15, -0.1) is 0 Å². The summed E-state index contributed by atoms with van der Waals surface area (Å²) in [6.45, 7) is 45.6. The SMILES string of the molecule is C.C.C.C.CCCC[C@](C)(CNC(C)=O)N(C(=O)OC(C)(C)C)c1nc(NC(=O)OC(C)(C)C)nc2cc(C)cnc12.CCCC[C@](C)(CNC(C)=O)Nc1nc(N)nc2cc(S(=O)(=O)N(C)C)cnc12.CCCC[C@](C)(CNC(C)=O)Nc1nc(NC(=O)OC(C)(C)C)nc2cc(S(=O)(=O)Cl)cnc12.CCCC[C@](C)(CNC(C)=O)Nc1nc(NC(=O)OC(C)(C)C)nc2cc(S(=O)(=O)N(C)C)cnc12.CNC. The number of unbranched alkanes of at least 4 members (excludes halogenated alkanes) is 4. The molecular formula is C95H162ClN27O18S3. The van der Waals surface area contributed by atoms with E-state index in [9.17, 15) is 63.6 Å². The van der Waals surface area contributed by atoms with E-state index in [0.717, 1.165) is 78.2 Å². The number of amides is 8. The molecule has 0 aromatic carbocycles. The number of pyridine rings is 4. The standard InChI is InChI=1S/C27H42N6O5.C23H37N7O5S.C21H31ClN6O5S.C18H29N7O3S.C2H7N.4CH4/c1-11-12-13-27(10,16-29-18(3)34)33(24(36)38-26(7,8)9)21-20-19(14-17(2)15-28-20)30-22(31-21)32-23(35)37-25(4,5)6;1-9-10-11-23(6,14-25-15(2)31)29-19-18-17(12-16(13-24-18)36(33,34)30(7)8)26-20(27-19)28-21(32)35-22(3,4)5;1-7-8-9-21(6,12-24-13(2)29)28-17-16-15(10-14(11-23-16)34(22,31)32)25-18(26-17)27-19(30)33-20(3,4)5;1-6-7-8-18(3,11-21-12(2)26)24-16-15-14(22-17(19)23-16)9-13(10-20-15)29(27,28)25(4)5;1-3-2;;;;/h14-15H,11-13,16H2,1-10H3,(H,29,34)(H,30,31,32,35);12-13H,9-11,14H2,1-8H3,(H,25,31)(H2,26,27,28,29,32);10-11H,7-9,12H2,1-6H3,(H,24,29)(H2,25,26,27,28,30);9-10H,6-8,11H2,1-5H3,(H,21,26)(H3,19,22,23,24);3H,1-2H3;4*1H4/t27-;23-;21-;18-;;;;;/m1111...../s1. The lowest BCUT2D eigenvalue weighted by molar-refractivity contribution is -0.120. The number of hydrogen-bond donors (Lipinski definition) is 12. The van der Waals surface area contributed by atoms with Crippen molar-refractivity contribution in [1.29, 1.82) is 0 Å². The third-order valence-corrected chi connectivity index (χ3v) is 24.6. The Labute approximate surface area is 856 Å². The molecule has 144 heavy (non-hydrogen) atoms. The van der Waals surface area contributed by atoms with Crippen molar-refractivity contribution < 1.29 is 82.6 Å². The third-order valence-electron chi connectivity index (χ3n) is 19.7. The minimum atomic E-state index is -4.06. The first-order chi connectivity index (χ1) is 64.5. The molecule has 0 aliphatic heterocycles. The second-order valence-electron chi connectivity index (χ2n) is 38.9. The van der Waals surface area contributed by atoms with Crippen LogP contribution >= 0.6 is 10.7 Å². The molecule has 0 unspecified atom stereocenters. The van der Waals surface area contributed by atoms with Gasteiger partial charge in [-0.1, -0.05) is 109 Å². The molecule has 0 aliphatic rings. The molecule has 8 heterocycles. The van der Waals surface area contributed by atoms with Crippen LogP contribution in [-0.2, 0) is 67.2 Å². The van der Waals surface area contributed by atoms with Gasteiger partial charge in [-0.3, -0.25) is 45.0 Å². The Kier molecular flexibility index (Phi) is 51.9. The second kappa shape index (κ2) is 56.6. The lowest BCUT2D eigenvalue weighted by Crippen LogP contribution is -2.57. The van der Waals surface area contributed by atoms with E-state index in [1.807, 2.05) is 55.6 Å². The molecule has 0 spiro atoms. The maximum Gasteiger partial charge on any atom is 0.416 e. The van der Waals surface area contributed by atoms with Gasteiger partial charge >= 0.3 is 24.4 Å². The van der Waals surface area contributed by atoms with Crippen LogP contribution in [0.25, 0.3) is 44.1 Å². The molecule has 0 fully saturated rings. The van der Waals surface area contributed by atoms with Gasteiger partial charge in [0.15, 0.2) is 23.3 Å². The highest BCUT2D eigenvalue weighted by Gasteiger charge is 2.43. The summed E-state index contributed by atoms with van der Waals surface area (Å²) < 4.78 is 97.7. The van der Waals surface area contributed by atoms with Crippen LogP contribution in [0.5, 0.6) is 0 Å². The maximum atomic E-state index is 13.8. The molecule has 8 aromatic heterocycles. The van der Waals surface area contributed by atoms with Gasteiger partial charge in [0, 0.05) is 118 Å². The summed E-state index contributed by atoms with van der Waals surface area (Å²) in [5.41, 5.74) is 3.43. The minimum absolute atomic E-state index is 0. The maximum absolute atomic E-state index is 13.8. The van der Waals surface area contributed by atoms with Crippen LogP contribution in [0.1, 0.15) is 278 Å². The van der Waals surface area contributed by atoms with Crippen LogP contribution < -0.4 is 69.1 Å². The molecule has 8 aromatic rings. The van der Waals surface area contributed by atoms with Crippen LogP contribution in [0.3, 0.4) is 0 Å². The Morgan fingerprint density at radius 1 is 0.389 bits per heavy atom. The molecular weight excluding hydrogens is 1940 g/mol. The van der Waals surface area contributed by atoms with Crippen molar-refractivity contribution in [1.82, 2.24) is 95.0 Å². The van der Waals surface area contributed by atoms with Crippen molar-refractivity contribution in [2.24, 2.45) is 0 Å². The summed E-state index contributed by atoms with van der Waals surface area (Å²) >= 11 is 0. The Morgan fingerprint density at radius 2 is 0.674 bits per heavy atom. The number of carbonyl (C=O) groups is 8. The summed E-state index contributed by atoms with van der Waals surface area (Å²) in [5.74, 6) is 0.106. The van der Waals surface area contributed by atoms with Crippen LogP contribution in [0.15, 0.2) is 63.7 Å². The van der Waals surface area contributed by atoms with Crippen LogP contribution in [0, 0.1) is 6.92 Å². The monoisotopic (exact) mass is 2100 g/mol. The number of carbonyl (C=O) groups excluding carboxylic acids is 8. The van der Waals surface area contributed by atoms with Crippen LogP contribution in [0.2, 0.25) is 0 Å².